The normalized spacial score (nSPS) is 23.7. The third kappa shape index (κ3) is 2.17. The van der Waals surface area contributed by atoms with Gasteiger partial charge in [0.2, 0.25) is 0 Å². The van der Waals surface area contributed by atoms with Gasteiger partial charge < -0.3 is 9.22 Å². The minimum absolute atomic E-state index is 0.579. The number of epoxide rings is 1. The van der Waals surface area contributed by atoms with Crippen LogP contribution >= 0.6 is 0 Å². The van der Waals surface area contributed by atoms with Gasteiger partial charge in [-0.2, -0.15) is 0 Å². The molecule has 1 fully saturated rings. The lowest BCUT2D eigenvalue weighted by molar-refractivity contribution is -0.923. The van der Waals surface area contributed by atoms with Gasteiger partial charge in [0.15, 0.2) is 0 Å². The predicted octanol–water partition coefficient (Wildman–Crippen LogP) is 1.26. The zero-order chi connectivity index (χ0) is 8.32. The Morgan fingerprint density at radius 2 is 1.64 bits per heavy atom. The standard InChI is InChI=1S/C9H20NO/c1-4-10(5-2,6-3)7-9-8-11-9/h9H,4-8H2,1-3H3/q+1/t9-/m0/s1. The first kappa shape index (κ1) is 9.01. The molecule has 11 heavy (non-hydrogen) atoms. The van der Waals surface area contributed by atoms with E-state index in [1.54, 1.807) is 0 Å². The molecule has 0 aromatic carbocycles. The van der Waals surface area contributed by atoms with Crippen LogP contribution in [0.4, 0.5) is 0 Å². The lowest BCUT2D eigenvalue weighted by Gasteiger charge is -2.35. The molecule has 0 aromatic heterocycles. The van der Waals surface area contributed by atoms with Gasteiger partial charge >= 0.3 is 0 Å². The number of hydrogen-bond donors (Lipinski definition) is 0. The fraction of sp³-hybridized carbons (Fsp3) is 1.00. The zero-order valence-corrected chi connectivity index (χ0v) is 7.97. The van der Waals surface area contributed by atoms with Crippen LogP contribution in [0, 0.1) is 0 Å². The van der Waals surface area contributed by atoms with E-state index in [1.165, 1.54) is 30.7 Å². The van der Waals surface area contributed by atoms with Gasteiger partial charge in [0.25, 0.3) is 0 Å². The SMILES string of the molecule is CC[N+](CC)(CC)C[C@H]1CO1. The Balaban J connectivity index is 2.39. The predicted molar refractivity (Wildman–Crippen MR) is 46.5 cm³/mol. The van der Waals surface area contributed by atoms with E-state index in [1.807, 2.05) is 0 Å². The van der Waals surface area contributed by atoms with Gasteiger partial charge in [-0.1, -0.05) is 0 Å². The highest BCUT2D eigenvalue weighted by atomic mass is 16.6. The van der Waals surface area contributed by atoms with E-state index in [0.29, 0.717) is 6.10 Å². The fourth-order valence-corrected chi connectivity index (χ4v) is 1.66. The first-order valence-electron chi connectivity index (χ1n) is 4.73. The van der Waals surface area contributed by atoms with Crippen LogP contribution in [-0.2, 0) is 4.74 Å². The Morgan fingerprint density at radius 3 is 1.91 bits per heavy atom. The molecule has 0 aliphatic carbocycles. The molecule has 1 saturated heterocycles. The third-order valence-corrected chi connectivity index (χ3v) is 3.01. The third-order valence-electron chi connectivity index (χ3n) is 3.01. The Bertz CT molecular complexity index is 108. The quantitative estimate of drug-likeness (QED) is 0.433. The molecule has 1 aliphatic rings. The second-order valence-electron chi connectivity index (χ2n) is 3.43. The summed E-state index contributed by atoms with van der Waals surface area (Å²) in [6.45, 7) is 12.8. The number of hydrogen-bond acceptors (Lipinski definition) is 1. The molecule has 0 aromatic rings. The van der Waals surface area contributed by atoms with Crippen molar-refractivity contribution in [2.24, 2.45) is 0 Å². The van der Waals surface area contributed by atoms with Crippen molar-refractivity contribution in [3.8, 4) is 0 Å². The largest absolute Gasteiger partial charge is 0.367 e. The summed E-state index contributed by atoms with van der Waals surface area (Å²) in [5, 5.41) is 0. The van der Waals surface area contributed by atoms with Crippen molar-refractivity contribution in [2.45, 2.75) is 26.9 Å². The maximum atomic E-state index is 5.25. The molecule has 2 heteroatoms. The minimum atomic E-state index is 0.579. The maximum Gasteiger partial charge on any atom is 0.130 e. The summed E-state index contributed by atoms with van der Waals surface area (Å²) in [4.78, 5) is 0. The van der Waals surface area contributed by atoms with Crippen LogP contribution in [-0.4, -0.2) is 43.4 Å². The van der Waals surface area contributed by atoms with Gasteiger partial charge in [-0.3, -0.25) is 0 Å². The smallest absolute Gasteiger partial charge is 0.130 e. The molecule has 0 spiro atoms. The second kappa shape index (κ2) is 3.55. The number of quaternary nitrogens is 1. The van der Waals surface area contributed by atoms with Crippen LogP contribution in [0.5, 0.6) is 0 Å². The number of likely N-dealkylation sites (N-methyl/N-ethyl adjacent to an activating group) is 1. The van der Waals surface area contributed by atoms with Gasteiger partial charge in [-0.15, -0.1) is 0 Å². The molecule has 0 radical (unpaired) electrons. The Labute approximate surface area is 69.7 Å². The monoisotopic (exact) mass is 158 g/mol. The van der Waals surface area contributed by atoms with Crippen LogP contribution in [0.15, 0.2) is 0 Å². The first-order chi connectivity index (χ1) is 5.26. The van der Waals surface area contributed by atoms with E-state index in [4.69, 9.17) is 4.74 Å². The van der Waals surface area contributed by atoms with Gasteiger partial charge in [0.05, 0.1) is 26.2 Å². The maximum absolute atomic E-state index is 5.25. The van der Waals surface area contributed by atoms with Crippen LogP contribution in [0.3, 0.4) is 0 Å². The van der Waals surface area contributed by atoms with Gasteiger partial charge in [-0.25, -0.2) is 0 Å². The molecule has 1 rings (SSSR count). The van der Waals surface area contributed by atoms with Crippen LogP contribution < -0.4 is 0 Å². The molecule has 1 aliphatic heterocycles. The molecule has 0 amide bonds. The molecule has 0 N–H and O–H groups in total. The van der Waals surface area contributed by atoms with Crippen molar-refractivity contribution in [3.05, 3.63) is 0 Å². The molecular formula is C9H20NO+. The Morgan fingerprint density at radius 1 is 1.18 bits per heavy atom. The number of rotatable bonds is 5. The minimum Gasteiger partial charge on any atom is -0.367 e. The number of ether oxygens (including phenoxy) is 1. The second-order valence-corrected chi connectivity index (χ2v) is 3.43. The summed E-state index contributed by atoms with van der Waals surface area (Å²) >= 11 is 0. The first-order valence-corrected chi connectivity index (χ1v) is 4.73. The molecule has 0 bridgehead atoms. The Kier molecular flexibility index (Phi) is 2.90. The summed E-state index contributed by atoms with van der Waals surface area (Å²) in [7, 11) is 0. The van der Waals surface area contributed by atoms with E-state index < -0.39 is 0 Å². The lowest BCUT2D eigenvalue weighted by atomic mass is 10.3. The molecule has 0 unspecified atom stereocenters. The van der Waals surface area contributed by atoms with E-state index >= 15 is 0 Å². The fourth-order valence-electron chi connectivity index (χ4n) is 1.66. The summed E-state index contributed by atoms with van der Waals surface area (Å²) in [6, 6.07) is 0. The van der Waals surface area contributed by atoms with Gasteiger partial charge in [0.1, 0.15) is 12.6 Å². The summed E-state index contributed by atoms with van der Waals surface area (Å²) in [6.07, 6.45) is 0.579. The van der Waals surface area contributed by atoms with Gasteiger partial charge in [0, 0.05) is 0 Å². The van der Waals surface area contributed by atoms with Crippen LogP contribution in [0.2, 0.25) is 0 Å². The van der Waals surface area contributed by atoms with Gasteiger partial charge in [-0.05, 0) is 20.8 Å². The topological polar surface area (TPSA) is 12.5 Å². The van der Waals surface area contributed by atoms with E-state index in [0.717, 1.165) is 6.61 Å². The zero-order valence-electron chi connectivity index (χ0n) is 7.97. The summed E-state index contributed by atoms with van der Waals surface area (Å²) in [5.41, 5.74) is 0. The highest BCUT2D eigenvalue weighted by Crippen LogP contribution is 2.16. The average molecular weight is 158 g/mol. The number of nitrogens with zero attached hydrogens (tertiary/aromatic N) is 1. The van der Waals surface area contributed by atoms with Crippen molar-refractivity contribution >= 4 is 0 Å². The molecule has 1 atom stereocenters. The average Bonchev–Trinajstić information content (AvgIpc) is 2.84. The lowest BCUT2D eigenvalue weighted by Crippen LogP contribution is -2.49. The van der Waals surface area contributed by atoms with Crippen molar-refractivity contribution in [1.29, 1.82) is 0 Å². The molecule has 2 nitrogen and oxygen atoms in total. The van der Waals surface area contributed by atoms with Crippen LogP contribution in [0.1, 0.15) is 20.8 Å². The molecule has 0 saturated carbocycles. The van der Waals surface area contributed by atoms with E-state index in [9.17, 15) is 0 Å². The molecular weight excluding hydrogens is 138 g/mol. The molecule has 1 heterocycles. The summed E-state index contributed by atoms with van der Waals surface area (Å²) < 4.78 is 6.48. The highest BCUT2D eigenvalue weighted by molar-refractivity contribution is 4.68. The van der Waals surface area contributed by atoms with Crippen molar-refractivity contribution in [2.75, 3.05) is 32.8 Å². The van der Waals surface area contributed by atoms with Crippen LogP contribution in [0.25, 0.3) is 0 Å². The van der Waals surface area contributed by atoms with Crippen molar-refractivity contribution < 1.29 is 9.22 Å². The van der Waals surface area contributed by atoms with Crippen molar-refractivity contribution in [1.82, 2.24) is 0 Å². The highest BCUT2D eigenvalue weighted by Gasteiger charge is 2.33. The Hall–Kier alpha value is -0.0800. The molecule has 66 valence electrons. The van der Waals surface area contributed by atoms with Crippen molar-refractivity contribution in [3.63, 3.8) is 0 Å². The summed E-state index contributed by atoms with van der Waals surface area (Å²) in [5.74, 6) is 0. The van der Waals surface area contributed by atoms with E-state index in [-0.39, 0.29) is 0 Å². The van der Waals surface area contributed by atoms with E-state index in [2.05, 4.69) is 20.8 Å².